The van der Waals surface area contributed by atoms with E-state index in [1.165, 1.54) is 25.7 Å². The second-order valence-electron chi connectivity index (χ2n) is 7.15. The molecule has 130 valence electrons. The number of rotatable bonds is 6. The Morgan fingerprint density at radius 1 is 1.32 bits per heavy atom. The number of aliphatic hydroxyl groups excluding tert-OH is 1. The topological polar surface area (TPSA) is 56.7 Å². The summed E-state index contributed by atoms with van der Waals surface area (Å²) in [5.41, 5.74) is -0.0486. The fourth-order valence-corrected chi connectivity index (χ4v) is 3.44. The summed E-state index contributed by atoms with van der Waals surface area (Å²) >= 11 is 0. The zero-order valence-electron chi connectivity index (χ0n) is 14.4. The van der Waals surface area contributed by atoms with Crippen LogP contribution in [-0.2, 0) is 0 Å². The monoisotopic (exact) mass is 423 g/mol. The number of hydrogen-bond acceptors (Lipinski definition) is 2. The van der Waals surface area contributed by atoms with Gasteiger partial charge in [-0.2, -0.15) is 0 Å². The van der Waals surface area contributed by atoms with Gasteiger partial charge in [-0.1, -0.05) is 33.1 Å². The number of aliphatic hydroxyl groups is 1. The molecule has 0 saturated heterocycles. The van der Waals surface area contributed by atoms with Gasteiger partial charge in [-0.15, -0.1) is 24.0 Å². The number of nitrogens with one attached hydrogen (secondary N) is 2. The van der Waals surface area contributed by atoms with E-state index in [1.807, 2.05) is 0 Å². The fraction of sp³-hybridized carbons (Fsp3) is 0.941. The van der Waals surface area contributed by atoms with Crippen molar-refractivity contribution in [2.45, 2.75) is 77.9 Å². The van der Waals surface area contributed by atoms with Gasteiger partial charge in [-0.25, -0.2) is 0 Å². The summed E-state index contributed by atoms with van der Waals surface area (Å²) in [7, 11) is 0. The van der Waals surface area contributed by atoms with Crippen LogP contribution in [0.2, 0.25) is 0 Å². The van der Waals surface area contributed by atoms with E-state index in [2.05, 4.69) is 31.4 Å². The molecule has 0 bridgehead atoms. The Morgan fingerprint density at radius 3 is 2.73 bits per heavy atom. The average molecular weight is 423 g/mol. The second-order valence-corrected chi connectivity index (χ2v) is 7.15. The maximum Gasteiger partial charge on any atom is 0.191 e. The highest BCUT2D eigenvalue weighted by molar-refractivity contribution is 14.0. The number of hydrogen-bond donors (Lipinski definition) is 3. The highest BCUT2D eigenvalue weighted by atomic mass is 127. The van der Waals surface area contributed by atoms with E-state index in [-0.39, 0.29) is 35.5 Å². The Morgan fingerprint density at radius 2 is 2.09 bits per heavy atom. The number of halogens is 1. The van der Waals surface area contributed by atoms with E-state index in [0.717, 1.165) is 37.7 Å². The number of nitrogens with zero attached hydrogens (tertiary/aromatic N) is 1. The Labute approximate surface area is 152 Å². The predicted octanol–water partition coefficient (Wildman–Crippen LogP) is 3.29. The van der Waals surface area contributed by atoms with Crippen molar-refractivity contribution in [2.24, 2.45) is 16.3 Å². The molecule has 0 amide bonds. The van der Waals surface area contributed by atoms with Crippen molar-refractivity contribution in [2.75, 3.05) is 13.1 Å². The van der Waals surface area contributed by atoms with Gasteiger partial charge in [-0.3, -0.25) is 4.99 Å². The summed E-state index contributed by atoms with van der Waals surface area (Å²) in [6.45, 7) is 8.14. The molecule has 4 nitrogen and oxygen atoms in total. The van der Waals surface area contributed by atoms with Crippen LogP contribution in [0.5, 0.6) is 0 Å². The third kappa shape index (κ3) is 5.55. The van der Waals surface area contributed by atoms with Crippen LogP contribution in [-0.4, -0.2) is 36.3 Å². The first-order chi connectivity index (χ1) is 10.1. The van der Waals surface area contributed by atoms with Crippen LogP contribution in [0.3, 0.4) is 0 Å². The van der Waals surface area contributed by atoms with Crippen LogP contribution >= 0.6 is 24.0 Å². The minimum atomic E-state index is -0.202. The Bertz CT molecular complexity index is 364. The van der Waals surface area contributed by atoms with Crippen molar-refractivity contribution >= 4 is 29.9 Å². The first-order valence-corrected chi connectivity index (χ1v) is 8.82. The van der Waals surface area contributed by atoms with Crippen molar-refractivity contribution in [1.82, 2.24) is 10.6 Å². The van der Waals surface area contributed by atoms with Gasteiger partial charge in [0.2, 0.25) is 0 Å². The molecule has 2 fully saturated rings. The van der Waals surface area contributed by atoms with Crippen LogP contribution in [0.15, 0.2) is 4.99 Å². The predicted molar refractivity (Wildman–Crippen MR) is 104 cm³/mol. The normalized spacial score (nSPS) is 34.7. The summed E-state index contributed by atoms with van der Waals surface area (Å²) in [6.07, 6.45) is 8.03. The first kappa shape index (κ1) is 20.0. The second kappa shape index (κ2) is 9.30. The molecule has 3 N–H and O–H groups in total. The Hall–Kier alpha value is -0.0400. The first-order valence-electron chi connectivity index (χ1n) is 8.82. The molecule has 0 radical (unpaired) electrons. The Balaban J connectivity index is 0.00000242. The minimum absolute atomic E-state index is 0. The lowest BCUT2D eigenvalue weighted by Gasteiger charge is -2.37. The summed E-state index contributed by atoms with van der Waals surface area (Å²) in [5, 5.41) is 17.2. The van der Waals surface area contributed by atoms with Crippen LogP contribution in [0.25, 0.3) is 0 Å². The molecule has 2 saturated carbocycles. The van der Waals surface area contributed by atoms with Crippen LogP contribution in [0.1, 0.15) is 65.7 Å². The van der Waals surface area contributed by atoms with Crippen molar-refractivity contribution in [3.05, 3.63) is 0 Å². The van der Waals surface area contributed by atoms with Gasteiger partial charge in [-0.05, 0) is 38.5 Å². The molecule has 22 heavy (non-hydrogen) atoms. The van der Waals surface area contributed by atoms with Crippen molar-refractivity contribution in [3.63, 3.8) is 0 Å². The molecule has 4 unspecified atom stereocenters. The highest BCUT2D eigenvalue weighted by Gasteiger charge is 2.37. The minimum Gasteiger partial charge on any atom is -0.392 e. The zero-order chi connectivity index (χ0) is 15.3. The van der Waals surface area contributed by atoms with E-state index in [9.17, 15) is 5.11 Å². The molecule has 2 aliphatic carbocycles. The maximum atomic E-state index is 10.3. The maximum absolute atomic E-state index is 10.3. The van der Waals surface area contributed by atoms with Gasteiger partial charge in [0, 0.05) is 18.0 Å². The molecule has 2 aliphatic rings. The molecule has 4 atom stereocenters. The Kier molecular flexibility index (Phi) is 8.46. The van der Waals surface area contributed by atoms with Gasteiger partial charge in [0.1, 0.15) is 0 Å². The van der Waals surface area contributed by atoms with Crippen molar-refractivity contribution in [3.8, 4) is 0 Å². The molecule has 0 spiro atoms. The number of guanidine groups is 1. The van der Waals surface area contributed by atoms with Crippen LogP contribution in [0.4, 0.5) is 0 Å². The lowest BCUT2D eigenvalue weighted by Crippen LogP contribution is -2.42. The third-order valence-electron chi connectivity index (χ3n) is 5.13. The van der Waals surface area contributed by atoms with Crippen molar-refractivity contribution < 1.29 is 5.11 Å². The molecule has 0 aliphatic heterocycles. The molecule has 5 heteroatoms. The smallest absolute Gasteiger partial charge is 0.191 e. The summed E-state index contributed by atoms with van der Waals surface area (Å²) in [6, 6.07) is 0.604. The van der Waals surface area contributed by atoms with Gasteiger partial charge < -0.3 is 15.7 Å². The van der Waals surface area contributed by atoms with E-state index < -0.39 is 0 Å². The van der Waals surface area contributed by atoms with E-state index in [4.69, 9.17) is 4.99 Å². The van der Waals surface area contributed by atoms with Crippen LogP contribution in [0, 0.1) is 11.3 Å². The molecule has 0 aromatic rings. The zero-order valence-corrected chi connectivity index (χ0v) is 16.7. The molecule has 0 aromatic carbocycles. The lowest BCUT2D eigenvalue weighted by atomic mass is 9.73. The SMILES string of the molecule is CCCC1CC1NC(=NCC1(C)CCCCC1O)NCC.I. The highest BCUT2D eigenvalue weighted by Crippen LogP contribution is 2.37. The molecular weight excluding hydrogens is 389 g/mol. The largest absolute Gasteiger partial charge is 0.392 e. The molecule has 0 aromatic heterocycles. The lowest BCUT2D eigenvalue weighted by molar-refractivity contribution is 0.00716. The standard InChI is InChI=1S/C17H33N3O.HI/c1-4-8-13-11-14(13)20-16(18-5-2)19-12-17(3)10-7-6-9-15(17)21;/h13-15,21H,4-12H2,1-3H3,(H2,18,19,20);1H. The average Bonchev–Trinajstić information content (AvgIpc) is 3.18. The van der Waals surface area contributed by atoms with Crippen molar-refractivity contribution in [1.29, 1.82) is 0 Å². The van der Waals surface area contributed by atoms with E-state index in [1.54, 1.807) is 0 Å². The van der Waals surface area contributed by atoms with E-state index >= 15 is 0 Å². The van der Waals surface area contributed by atoms with Gasteiger partial charge in [0.05, 0.1) is 12.6 Å². The summed E-state index contributed by atoms with van der Waals surface area (Å²) in [5.74, 6) is 1.76. The molecule has 0 heterocycles. The third-order valence-corrected chi connectivity index (χ3v) is 5.13. The van der Waals surface area contributed by atoms with Gasteiger partial charge >= 0.3 is 0 Å². The molecular formula is C17H34IN3O. The summed E-state index contributed by atoms with van der Waals surface area (Å²) < 4.78 is 0. The fourth-order valence-electron chi connectivity index (χ4n) is 3.44. The van der Waals surface area contributed by atoms with Crippen LogP contribution < -0.4 is 10.6 Å². The molecule has 2 rings (SSSR count). The quantitative estimate of drug-likeness (QED) is 0.349. The summed E-state index contributed by atoms with van der Waals surface area (Å²) in [4.78, 5) is 4.77. The van der Waals surface area contributed by atoms with Gasteiger partial charge in [0.15, 0.2) is 5.96 Å². The van der Waals surface area contributed by atoms with Gasteiger partial charge in [0.25, 0.3) is 0 Å². The number of aliphatic imine (C=N–C) groups is 1. The van der Waals surface area contributed by atoms with E-state index in [0.29, 0.717) is 12.6 Å².